The third kappa shape index (κ3) is 3.53. The molecule has 3 nitrogen and oxygen atoms in total. The summed E-state index contributed by atoms with van der Waals surface area (Å²) in [6.07, 6.45) is -4.67. The van der Waals surface area contributed by atoms with E-state index in [4.69, 9.17) is 0 Å². The minimum Gasteiger partial charge on any atom is -0.329 e. The normalized spacial score (nSPS) is 11.7. The minimum absolute atomic E-state index is 0.153. The predicted molar refractivity (Wildman–Crippen MR) is 75.3 cm³/mol. The average Bonchev–Trinajstić information content (AvgIpc) is 3.00. The monoisotopic (exact) mass is 340 g/mol. The van der Waals surface area contributed by atoms with Crippen molar-refractivity contribution in [2.75, 3.05) is 0 Å². The van der Waals surface area contributed by atoms with Gasteiger partial charge in [0.1, 0.15) is 5.82 Å². The number of rotatable bonds is 3. The van der Waals surface area contributed by atoms with E-state index in [-0.39, 0.29) is 11.6 Å². The van der Waals surface area contributed by atoms with Gasteiger partial charge in [0.25, 0.3) is 0 Å². The highest BCUT2D eigenvalue weighted by Crippen LogP contribution is 2.32. The number of nitrogens with zero attached hydrogens (tertiary/aromatic N) is 2. The Kier molecular flexibility index (Phi) is 4.08. The van der Waals surface area contributed by atoms with Gasteiger partial charge >= 0.3 is 12.1 Å². The molecule has 0 bridgehead atoms. The van der Waals surface area contributed by atoms with Crippen LogP contribution in [0.5, 0.6) is 0 Å². The molecule has 23 heavy (non-hydrogen) atoms. The van der Waals surface area contributed by atoms with E-state index in [1.54, 1.807) is 42.5 Å². The standard InChI is InChI=1S/C15H8F4N2OS/c16-11-3-1-2-4-12(11)23-10-7-5-9(6-8-10)13-20-14(22-21-13)15(17,18)19/h1-8H. The van der Waals surface area contributed by atoms with Gasteiger partial charge in [-0.3, -0.25) is 0 Å². The number of hydrogen-bond acceptors (Lipinski definition) is 4. The van der Waals surface area contributed by atoms with Crippen molar-refractivity contribution in [3.63, 3.8) is 0 Å². The Hall–Kier alpha value is -2.35. The van der Waals surface area contributed by atoms with Crippen LogP contribution in [0.25, 0.3) is 11.4 Å². The highest BCUT2D eigenvalue weighted by atomic mass is 32.2. The number of benzene rings is 2. The smallest absolute Gasteiger partial charge is 0.329 e. The zero-order valence-electron chi connectivity index (χ0n) is 11.3. The topological polar surface area (TPSA) is 38.9 Å². The zero-order valence-corrected chi connectivity index (χ0v) is 12.2. The molecular weight excluding hydrogens is 332 g/mol. The van der Waals surface area contributed by atoms with Gasteiger partial charge in [0.15, 0.2) is 0 Å². The van der Waals surface area contributed by atoms with E-state index in [1.165, 1.54) is 17.8 Å². The first-order valence-corrected chi connectivity index (χ1v) is 7.19. The SMILES string of the molecule is Fc1ccccc1Sc1ccc(-c2noc(C(F)(F)F)n2)cc1. The van der Waals surface area contributed by atoms with Gasteiger partial charge in [-0.2, -0.15) is 18.2 Å². The van der Waals surface area contributed by atoms with Crippen molar-refractivity contribution in [1.29, 1.82) is 0 Å². The average molecular weight is 340 g/mol. The fourth-order valence-electron chi connectivity index (χ4n) is 1.78. The highest BCUT2D eigenvalue weighted by molar-refractivity contribution is 7.99. The molecule has 0 radical (unpaired) electrons. The van der Waals surface area contributed by atoms with Crippen LogP contribution in [0.15, 0.2) is 62.8 Å². The number of aromatic nitrogens is 2. The van der Waals surface area contributed by atoms with Gasteiger partial charge < -0.3 is 4.52 Å². The molecule has 1 heterocycles. The second kappa shape index (κ2) is 6.04. The van der Waals surface area contributed by atoms with Crippen LogP contribution in [0.3, 0.4) is 0 Å². The summed E-state index contributed by atoms with van der Waals surface area (Å²) in [6.45, 7) is 0. The summed E-state index contributed by atoms with van der Waals surface area (Å²) in [6, 6.07) is 12.7. The number of halogens is 4. The van der Waals surface area contributed by atoms with Gasteiger partial charge in [-0.15, -0.1) is 0 Å². The molecule has 0 unspecified atom stereocenters. The predicted octanol–water partition coefficient (Wildman–Crippen LogP) is 5.05. The third-order valence-electron chi connectivity index (χ3n) is 2.85. The second-order valence-corrected chi connectivity index (χ2v) is 5.59. The van der Waals surface area contributed by atoms with Gasteiger partial charge in [0.2, 0.25) is 5.82 Å². The molecule has 0 aliphatic heterocycles. The molecule has 0 aliphatic carbocycles. The van der Waals surface area contributed by atoms with E-state index < -0.39 is 12.1 Å². The highest BCUT2D eigenvalue weighted by Gasteiger charge is 2.38. The van der Waals surface area contributed by atoms with Gasteiger partial charge in [-0.1, -0.05) is 29.1 Å². The van der Waals surface area contributed by atoms with Crippen LogP contribution in [-0.4, -0.2) is 10.1 Å². The second-order valence-electron chi connectivity index (χ2n) is 4.48. The molecule has 0 aliphatic rings. The first-order valence-electron chi connectivity index (χ1n) is 6.37. The lowest BCUT2D eigenvalue weighted by molar-refractivity contribution is -0.159. The quantitative estimate of drug-likeness (QED) is 0.626. The fourth-order valence-corrected chi connectivity index (χ4v) is 2.62. The van der Waals surface area contributed by atoms with Gasteiger partial charge in [0.05, 0.1) is 0 Å². The number of alkyl halides is 3. The van der Waals surface area contributed by atoms with Crippen LogP contribution < -0.4 is 0 Å². The van der Waals surface area contributed by atoms with E-state index in [2.05, 4.69) is 14.7 Å². The van der Waals surface area contributed by atoms with E-state index in [0.29, 0.717) is 10.5 Å². The lowest BCUT2D eigenvalue weighted by atomic mass is 10.2. The molecule has 0 amide bonds. The molecule has 0 saturated carbocycles. The molecule has 8 heteroatoms. The van der Waals surface area contributed by atoms with Crippen LogP contribution in [0.2, 0.25) is 0 Å². The van der Waals surface area contributed by atoms with E-state index in [0.717, 1.165) is 4.90 Å². The van der Waals surface area contributed by atoms with E-state index in [9.17, 15) is 17.6 Å². The van der Waals surface area contributed by atoms with Gasteiger partial charge in [0, 0.05) is 15.4 Å². The Morgan fingerprint density at radius 1 is 0.957 bits per heavy atom. The summed E-state index contributed by atoms with van der Waals surface area (Å²) >= 11 is 1.21. The van der Waals surface area contributed by atoms with Gasteiger partial charge in [-0.05, 0) is 36.4 Å². The first kappa shape index (κ1) is 15.5. The van der Waals surface area contributed by atoms with Crippen molar-refractivity contribution in [3.05, 3.63) is 60.2 Å². The van der Waals surface area contributed by atoms with Crippen molar-refractivity contribution in [2.45, 2.75) is 16.0 Å². The maximum atomic E-state index is 13.6. The van der Waals surface area contributed by atoms with Crippen LogP contribution in [-0.2, 0) is 6.18 Å². The maximum Gasteiger partial charge on any atom is 0.471 e. The molecule has 1 aromatic heterocycles. The van der Waals surface area contributed by atoms with Crippen molar-refractivity contribution in [3.8, 4) is 11.4 Å². The van der Waals surface area contributed by atoms with Crippen LogP contribution >= 0.6 is 11.8 Å². The van der Waals surface area contributed by atoms with Crippen LogP contribution in [0.4, 0.5) is 17.6 Å². The summed E-state index contributed by atoms with van der Waals surface area (Å²) in [5, 5.41) is 3.31. The Balaban J connectivity index is 1.80. The lowest BCUT2D eigenvalue weighted by Crippen LogP contribution is -2.04. The third-order valence-corrected chi connectivity index (χ3v) is 3.90. The Morgan fingerprint density at radius 3 is 2.26 bits per heavy atom. The molecule has 0 atom stereocenters. The Bertz CT molecular complexity index is 815. The summed E-state index contributed by atoms with van der Waals surface area (Å²) in [7, 11) is 0. The Labute approximate surface area is 132 Å². The summed E-state index contributed by atoms with van der Waals surface area (Å²) in [5.74, 6) is -1.88. The largest absolute Gasteiger partial charge is 0.471 e. The molecule has 2 aromatic carbocycles. The van der Waals surface area contributed by atoms with Crippen molar-refractivity contribution >= 4 is 11.8 Å². The lowest BCUT2D eigenvalue weighted by Gasteiger charge is -2.03. The molecule has 0 fully saturated rings. The summed E-state index contributed by atoms with van der Waals surface area (Å²) in [5.41, 5.74) is 0.377. The molecule has 0 spiro atoms. The van der Waals surface area contributed by atoms with E-state index in [1.807, 2.05) is 0 Å². The summed E-state index contributed by atoms with van der Waals surface area (Å²) in [4.78, 5) is 4.50. The van der Waals surface area contributed by atoms with Crippen molar-refractivity contribution in [1.82, 2.24) is 10.1 Å². The first-order chi connectivity index (χ1) is 10.9. The van der Waals surface area contributed by atoms with Crippen LogP contribution in [0, 0.1) is 5.82 Å². The molecular formula is C15H8F4N2OS. The molecule has 0 N–H and O–H groups in total. The zero-order chi connectivity index (χ0) is 16.4. The fraction of sp³-hybridized carbons (Fsp3) is 0.0667. The molecule has 3 aromatic rings. The van der Waals surface area contributed by atoms with Crippen molar-refractivity contribution in [2.24, 2.45) is 0 Å². The molecule has 0 saturated heterocycles. The number of hydrogen-bond donors (Lipinski definition) is 0. The minimum atomic E-state index is -4.67. The summed E-state index contributed by atoms with van der Waals surface area (Å²) < 4.78 is 55.0. The van der Waals surface area contributed by atoms with Crippen LogP contribution in [0.1, 0.15) is 5.89 Å². The van der Waals surface area contributed by atoms with Crippen molar-refractivity contribution < 1.29 is 22.1 Å². The maximum absolute atomic E-state index is 13.6. The van der Waals surface area contributed by atoms with E-state index >= 15 is 0 Å². The molecule has 3 rings (SSSR count). The Morgan fingerprint density at radius 2 is 1.65 bits per heavy atom. The molecule has 118 valence electrons. The van der Waals surface area contributed by atoms with Gasteiger partial charge in [-0.25, -0.2) is 4.39 Å².